The number of benzene rings is 2. The van der Waals surface area contributed by atoms with Gasteiger partial charge in [0.05, 0.1) is 5.56 Å². The second-order valence-electron chi connectivity index (χ2n) is 5.96. The molecule has 0 aromatic heterocycles. The molecular formula is C20H22BrFN2O2S. The van der Waals surface area contributed by atoms with Crippen molar-refractivity contribution < 1.29 is 14.0 Å². The van der Waals surface area contributed by atoms with E-state index in [9.17, 15) is 14.0 Å². The summed E-state index contributed by atoms with van der Waals surface area (Å²) in [6, 6.07) is 12.8. The third-order valence-electron chi connectivity index (χ3n) is 3.95. The van der Waals surface area contributed by atoms with Crippen LogP contribution in [0.4, 0.5) is 4.39 Å². The highest BCUT2D eigenvalue weighted by molar-refractivity contribution is 9.10. The Balaban J connectivity index is 1.94. The zero-order valence-electron chi connectivity index (χ0n) is 15.0. The highest BCUT2D eigenvalue weighted by atomic mass is 79.9. The van der Waals surface area contributed by atoms with E-state index in [2.05, 4.69) is 26.6 Å². The molecule has 2 amide bonds. The van der Waals surface area contributed by atoms with Crippen molar-refractivity contribution >= 4 is 39.5 Å². The monoisotopic (exact) mass is 452 g/mol. The van der Waals surface area contributed by atoms with Crippen LogP contribution in [0.25, 0.3) is 0 Å². The highest BCUT2D eigenvalue weighted by Crippen LogP contribution is 2.16. The summed E-state index contributed by atoms with van der Waals surface area (Å²) >= 11 is 4.97. The SMILES string of the molecule is CSCCC(NC(=O)c1ccccc1Br)C(=O)NCCc1cccc(F)c1. The van der Waals surface area contributed by atoms with Gasteiger partial charge < -0.3 is 10.6 Å². The fourth-order valence-corrected chi connectivity index (χ4v) is 3.47. The number of nitrogens with one attached hydrogen (secondary N) is 2. The van der Waals surface area contributed by atoms with Crippen molar-refractivity contribution in [2.24, 2.45) is 0 Å². The molecule has 0 saturated carbocycles. The van der Waals surface area contributed by atoms with Gasteiger partial charge in [0.2, 0.25) is 5.91 Å². The van der Waals surface area contributed by atoms with Crippen molar-refractivity contribution in [3.8, 4) is 0 Å². The Labute approximate surface area is 171 Å². The molecule has 0 fully saturated rings. The van der Waals surface area contributed by atoms with Crippen LogP contribution in [0.3, 0.4) is 0 Å². The van der Waals surface area contributed by atoms with Crippen molar-refractivity contribution in [2.45, 2.75) is 18.9 Å². The summed E-state index contributed by atoms with van der Waals surface area (Å²) < 4.78 is 13.9. The first-order chi connectivity index (χ1) is 13.0. The first-order valence-corrected chi connectivity index (χ1v) is 10.8. The standard InChI is InChI=1S/C20H22BrFN2O2S/c1-27-12-10-18(24-19(25)16-7-2-3-8-17(16)21)20(26)23-11-9-14-5-4-6-15(22)13-14/h2-8,13,18H,9-12H2,1H3,(H,23,26)(H,24,25). The molecule has 0 saturated heterocycles. The molecule has 0 radical (unpaired) electrons. The summed E-state index contributed by atoms with van der Waals surface area (Å²) in [6.45, 7) is 0.378. The van der Waals surface area contributed by atoms with Crippen molar-refractivity contribution in [1.82, 2.24) is 10.6 Å². The lowest BCUT2D eigenvalue weighted by Gasteiger charge is -2.18. The third-order valence-corrected chi connectivity index (χ3v) is 5.29. The third kappa shape index (κ3) is 6.99. The van der Waals surface area contributed by atoms with Gasteiger partial charge in [-0.15, -0.1) is 0 Å². The lowest BCUT2D eigenvalue weighted by atomic mass is 10.1. The Morgan fingerprint density at radius 2 is 1.96 bits per heavy atom. The van der Waals surface area contributed by atoms with E-state index in [-0.39, 0.29) is 17.6 Å². The summed E-state index contributed by atoms with van der Waals surface area (Å²) in [5.41, 5.74) is 1.30. The molecule has 2 rings (SSSR count). The summed E-state index contributed by atoms with van der Waals surface area (Å²) in [5.74, 6) is -0.0785. The van der Waals surface area contributed by atoms with Crippen LogP contribution in [-0.4, -0.2) is 36.4 Å². The topological polar surface area (TPSA) is 58.2 Å². The number of halogens is 2. The average Bonchev–Trinajstić information content (AvgIpc) is 2.65. The van der Waals surface area contributed by atoms with Crippen LogP contribution in [0, 0.1) is 5.82 Å². The number of carbonyl (C=O) groups excluding carboxylic acids is 2. The molecule has 144 valence electrons. The van der Waals surface area contributed by atoms with Gasteiger partial charge in [-0.25, -0.2) is 4.39 Å². The maximum atomic E-state index is 13.2. The van der Waals surface area contributed by atoms with Gasteiger partial charge in [-0.2, -0.15) is 11.8 Å². The molecule has 4 nitrogen and oxygen atoms in total. The molecule has 2 N–H and O–H groups in total. The van der Waals surface area contributed by atoms with E-state index in [0.29, 0.717) is 29.4 Å². The number of amides is 2. The van der Waals surface area contributed by atoms with Crippen LogP contribution < -0.4 is 10.6 Å². The van der Waals surface area contributed by atoms with Gasteiger partial charge in [0.15, 0.2) is 0 Å². The second-order valence-corrected chi connectivity index (χ2v) is 7.80. The van der Waals surface area contributed by atoms with E-state index in [0.717, 1.165) is 11.3 Å². The van der Waals surface area contributed by atoms with Crippen LogP contribution in [0.15, 0.2) is 53.0 Å². The summed E-state index contributed by atoms with van der Waals surface area (Å²) in [7, 11) is 0. The van der Waals surface area contributed by atoms with E-state index in [1.807, 2.05) is 18.4 Å². The summed E-state index contributed by atoms with van der Waals surface area (Å²) in [5, 5.41) is 5.65. The Morgan fingerprint density at radius 1 is 1.19 bits per heavy atom. The molecule has 0 aliphatic rings. The lowest BCUT2D eigenvalue weighted by molar-refractivity contribution is -0.122. The Bertz CT molecular complexity index is 788. The van der Waals surface area contributed by atoms with Crippen molar-refractivity contribution in [3.05, 3.63) is 69.9 Å². The largest absolute Gasteiger partial charge is 0.354 e. The molecule has 2 aromatic carbocycles. The normalized spacial score (nSPS) is 11.7. The van der Waals surface area contributed by atoms with Crippen LogP contribution in [0.1, 0.15) is 22.3 Å². The molecule has 0 bridgehead atoms. The fraction of sp³-hybridized carbons (Fsp3) is 0.300. The smallest absolute Gasteiger partial charge is 0.253 e. The maximum Gasteiger partial charge on any atom is 0.253 e. The Kier molecular flexibility index (Phi) is 8.81. The number of hydrogen-bond acceptors (Lipinski definition) is 3. The minimum atomic E-state index is -0.621. The summed E-state index contributed by atoms with van der Waals surface area (Å²) in [6.07, 6.45) is 3.01. The van der Waals surface area contributed by atoms with Gasteiger partial charge in [0, 0.05) is 11.0 Å². The van der Waals surface area contributed by atoms with Crippen molar-refractivity contribution in [3.63, 3.8) is 0 Å². The van der Waals surface area contributed by atoms with Crippen molar-refractivity contribution in [1.29, 1.82) is 0 Å². The van der Waals surface area contributed by atoms with Crippen LogP contribution in [0.2, 0.25) is 0 Å². The van der Waals surface area contributed by atoms with Crippen LogP contribution >= 0.6 is 27.7 Å². The van der Waals surface area contributed by atoms with Gasteiger partial charge in [-0.3, -0.25) is 9.59 Å². The molecule has 27 heavy (non-hydrogen) atoms. The number of carbonyl (C=O) groups is 2. The molecule has 0 spiro atoms. The predicted octanol–water partition coefficient (Wildman–Crippen LogP) is 3.80. The van der Waals surface area contributed by atoms with Gasteiger partial charge in [0.25, 0.3) is 5.91 Å². The van der Waals surface area contributed by atoms with Gasteiger partial charge in [-0.05, 0) is 70.6 Å². The van der Waals surface area contributed by atoms with E-state index in [1.54, 1.807) is 36.0 Å². The molecule has 1 atom stereocenters. The molecule has 7 heteroatoms. The van der Waals surface area contributed by atoms with Gasteiger partial charge >= 0.3 is 0 Å². The minimum absolute atomic E-state index is 0.235. The lowest BCUT2D eigenvalue weighted by Crippen LogP contribution is -2.47. The van der Waals surface area contributed by atoms with Crippen LogP contribution in [0.5, 0.6) is 0 Å². The number of rotatable bonds is 9. The van der Waals surface area contributed by atoms with E-state index in [1.165, 1.54) is 12.1 Å². The van der Waals surface area contributed by atoms with E-state index >= 15 is 0 Å². The Morgan fingerprint density at radius 3 is 2.67 bits per heavy atom. The molecule has 0 aliphatic heterocycles. The van der Waals surface area contributed by atoms with Crippen LogP contribution in [-0.2, 0) is 11.2 Å². The number of thioether (sulfide) groups is 1. The zero-order valence-corrected chi connectivity index (χ0v) is 17.4. The van der Waals surface area contributed by atoms with Crippen molar-refractivity contribution in [2.75, 3.05) is 18.6 Å². The number of hydrogen-bond donors (Lipinski definition) is 2. The van der Waals surface area contributed by atoms with Gasteiger partial charge in [-0.1, -0.05) is 24.3 Å². The zero-order chi connectivity index (χ0) is 19.6. The van der Waals surface area contributed by atoms with Gasteiger partial charge in [0.1, 0.15) is 11.9 Å². The molecule has 2 aromatic rings. The molecule has 0 aliphatic carbocycles. The quantitative estimate of drug-likeness (QED) is 0.608. The molecular weight excluding hydrogens is 431 g/mol. The second kappa shape index (κ2) is 11.1. The molecule has 1 unspecified atom stereocenters. The van der Waals surface area contributed by atoms with E-state index in [4.69, 9.17) is 0 Å². The predicted molar refractivity (Wildman–Crippen MR) is 112 cm³/mol. The fourth-order valence-electron chi connectivity index (χ4n) is 2.53. The average molecular weight is 453 g/mol. The maximum absolute atomic E-state index is 13.2. The summed E-state index contributed by atoms with van der Waals surface area (Å²) in [4.78, 5) is 25.0. The molecule has 0 heterocycles. The minimum Gasteiger partial charge on any atom is -0.354 e. The first-order valence-electron chi connectivity index (χ1n) is 8.57. The highest BCUT2D eigenvalue weighted by Gasteiger charge is 2.21. The first kappa shape index (κ1) is 21.4. The van der Waals surface area contributed by atoms with E-state index < -0.39 is 6.04 Å². The Hall–Kier alpha value is -1.86.